The van der Waals surface area contributed by atoms with Crippen LogP contribution in [0.4, 0.5) is 5.69 Å². The van der Waals surface area contributed by atoms with Crippen LogP contribution in [-0.2, 0) is 0 Å². The van der Waals surface area contributed by atoms with E-state index < -0.39 is 0 Å². The number of para-hydroxylation sites is 1. The Labute approximate surface area is 129 Å². The fourth-order valence-corrected chi connectivity index (χ4v) is 2.44. The lowest BCUT2D eigenvalue weighted by Crippen LogP contribution is -2.12. The van der Waals surface area contributed by atoms with E-state index in [1.165, 1.54) is 5.56 Å². The van der Waals surface area contributed by atoms with E-state index in [0.717, 1.165) is 22.5 Å². The predicted octanol–water partition coefficient (Wildman–Crippen LogP) is 5.06. The van der Waals surface area contributed by atoms with Gasteiger partial charge in [-0.05, 0) is 35.7 Å². The molecular weight excluding hydrogens is 314 g/mol. The van der Waals surface area contributed by atoms with Gasteiger partial charge < -0.3 is 10.1 Å². The van der Waals surface area contributed by atoms with Crippen LogP contribution in [0.15, 0.2) is 53.0 Å². The van der Waals surface area contributed by atoms with Gasteiger partial charge in [-0.25, -0.2) is 0 Å². The van der Waals surface area contributed by atoms with Crippen molar-refractivity contribution in [2.24, 2.45) is 0 Å². The second-order valence-corrected chi connectivity index (χ2v) is 5.89. The Kier molecular flexibility index (Phi) is 5.48. The number of halogens is 1. The third-order valence-electron chi connectivity index (χ3n) is 3.05. The van der Waals surface area contributed by atoms with Crippen molar-refractivity contribution in [1.82, 2.24) is 0 Å². The summed E-state index contributed by atoms with van der Waals surface area (Å²) in [5.74, 6) is 1.46. The molecule has 0 aromatic heterocycles. The predicted molar refractivity (Wildman–Crippen MR) is 88.7 cm³/mol. The first kappa shape index (κ1) is 14.9. The van der Waals surface area contributed by atoms with E-state index in [1.807, 2.05) is 30.3 Å². The van der Waals surface area contributed by atoms with E-state index >= 15 is 0 Å². The minimum absolute atomic E-state index is 0.476. The number of benzene rings is 2. The molecule has 2 rings (SSSR count). The molecule has 0 unspecified atom stereocenters. The lowest BCUT2D eigenvalue weighted by atomic mass is 10.0. The molecule has 3 heteroatoms. The van der Waals surface area contributed by atoms with Gasteiger partial charge in [0.1, 0.15) is 12.4 Å². The first-order valence-corrected chi connectivity index (χ1v) is 7.67. The molecule has 0 amide bonds. The van der Waals surface area contributed by atoms with Crippen molar-refractivity contribution in [3.63, 3.8) is 0 Å². The second kappa shape index (κ2) is 7.34. The first-order chi connectivity index (χ1) is 9.66. The number of hydrogen-bond acceptors (Lipinski definition) is 2. The fourth-order valence-electron chi connectivity index (χ4n) is 2.04. The molecule has 2 nitrogen and oxygen atoms in total. The minimum Gasteiger partial charge on any atom is -0.491 e. The van der Waals surface area contributed by atoms with Crippen molar-refractivity contribution in [2.45, 2.75) is 19.8 Å². The molecule has 0 saturated carbocycles. The SMILES string of the molecule is CC(C)c1ccccc1OCCNc1cccc(Br)c1. The summed E-state index contributed by atoms with van der Waals surface area (Å²) in [7, 11) is 0. The molecule has 1 N–H and O–H groups in total. The zero-order valence-electron chi connectivity index (χ0n) is 11.9. The summed E-state index contributed by atoms with van der Waals surface area (Å²) in [6.07, 6.45) is 0. The molecule has 0 fully saturated rings. The molecule has 0 spiro atoms. The van der Waals surface area contributed by atoms with Crippen LogP contribution in [0.2, 0.25) is 0 Å². The molecule has 0 bridgehead atoms. The van der Waals surface area contributed by atoms with E-state index in [4.69, 9.17) is 4.74 Å². The lowest BCUT2D eigenvalue weighted by molar-refractivity contribution is 0.328. The maximum Gasteiger partial charge on any atom is 0.122 e. The number of anilines is 1. The molecule has 0 aliphatic carbocycles. The Hall–Kier alpha value is -1.48. The Balaban J connectivity index is 1.84. The first-order valence-electron chi connectivity index (χ1n) is 6.88. The van der Waals surface area contributed by atoms with Crippen LogP contribution in [0.1, 0.15) is 25.3 Å². The van der Waals surface area contributed by atoms with Crippen LogP contribution in [0, 0.1) is 0 Å². The highest BCUT2D eigenvalue weighted by Gasteiger charge is 2.06. The highest BCUT2D eigenvalue weighted by atomic mass is 79.9. The maximum atomic E-state index is 5.88. The highest BCUT2D eigenvalue weighted by Crippen LogP contribution is 2.25. The average Bonchev–Trinajstić information content (AvgIpc) is 2.44. The van der Waals surface area contributed by atoms with Gasteiger partial charge in [-0.15, -0.1) is 0 Å². The molecule has 0 aliphatic heterocycles. The number of rotatable bonds is 6. The summed E-state index contributed by atoms with van der Waals surface area (Å²) >= 11 is 3.46. The van der Waals surface area contributed by atoms with E-state index in [-0.39, 0.29) is 0 Å². The zero-order valence-corrected chi connectivity index (χ0v) is 13.5. The van der Waals surface area contributed by atoms with Crippen LogP contribution in [0.5, 0.6) is 5.75 Å². The van der Waals surface area contributed by atoms with Gasteiger partial charge in [0, 0.05) is 16.7 Å². The Morgan fingerprint density at radius 2 is 1.90 bits per heavy atom. The monoisotopic (exact) mass is 333 g/mol. The number of hydrogen-bond donors (Lipinski definition) is 1. The average molecular weight is 334 g/mol. The van der Waals surface area contributed by atoms with Crippen molar-refractivity contribution >= 4 is 21.6 Å². The molecule has 0 radical (unpaired) electrons. The summed E-state index contributed by atoms with van der Waals surface area (Å²) in [6, 6.07) is 16.4. The van der Waals surface area contributed by atoms with Gasteiger partial charge in [0.25, 0.3) is 0 Å². The third kappa shape index (κ3) is 4.27. The van der Waals surface area contributed by atoms with Crippen LogP contribution in [-0.4, -0.2) is 13.2 Å². The van der Waals surface area contributed by atoms with E-state index in [0.29, 0.717) is 12.5 Å². The smallest absolute Gasteiger partial charge is 0.122 e. The number of nitrogens with one attached hydrogen (secondary N) is 1. The van der Waals surface area contributed by atoms with E-state index in [1.54, 1.807) is 0 Å². The van der Waals surface area contributed by atoms with Gasteiger partial charge in [-0.3, -0.25) is 0 Å². The molecule has 2 aromatic rings. The van der Waals surface area contributed by atoms with Gasteiger partial charge in [0.05, 0.1) is 0 Å². The van der Waals surface area contributed by atoms with E-state index in [9.17, 15) is 0 Å². The molecule has 0 heterocycles. The van der Waals surface area contributed by atoms with Gasteiger partial charge in [-0.1, -0.05) is 54.0 Å². The maximum absolute atomic E-state index is 5.88. The zero-order chi connectivity index (χ0) is 14.4. The summed E-state index contributed by atoms with van der Waals surface area (Å²) < 4.78 is 6.95. The Bertz CT molecular complexity index is 554. The minimum atomic E-state index is 0.476. The quantitative estimate of drug-likeness (QED) is 0.745. The molecule has 2 aromatic carbocycles. The summed E-state index contributed by atoms with van der Waals surface area (Å²) in [6.45, 7) is 5.79. The van der Waals surface area contributed by atoms with Crippen molar-refractivity contribution in [3.8, 4) is 5.75 Å². The fraction of sp³-hybridized carbons (Fsp3) is 0.294. The van der Waals surface area contributed by atoms with Crippen LogP contribution in [0.3, 0.4) is 0 Å². The van der Waals surface area contributed by atoms with Crippen molar-refractivity contribution in [3.05, 3.63) is 58.6 Å². The van der Waals surface area contributed by atoms with Crippen LogP contribution < -0.4 is 10.1 Å². The lowest BCUT2D eigenvalue weighted by Gasteiger charge is -2.14. The normalized spacial score (nSPS) is 10.6. The summed E-state index contributed by atoms with van der Waals surface area (Å²) in [5, 5.41) is 3.35. The molecule has 20 heavy (non-hydrogen) atoms. The van der Waals surface area contributed by atoms with E-state index in [2.05, 4.69) is 53.3 Å². The van der Waals surface area contributed by atoms with Gasteiger partial charge in [0.2, 0.25) is 0 Å². The largest absolute Gasteiger partial charge is 0.491 e. The van der Waals surface area contributed by atoms with Crippen LogP contribution in [0.25, 0.3) is 0 Å². The Morgan fingerprint density at radius 3 is 2.65 bits per heavy atom. The highest BCUT2D eigenvalue weighted by molar-refractivity contribution is 9.10. The summed E-state index contributed by atoms with van der Waals surface area (Å²) in [5.41, 5.74) is 2.36. The van der Waals surface area contributed by atoms with Crippen molar-refractivity contribution in [1.29, 1.82) is 0 Å². The number of ether oxygens (including phenoxy) is 1. The second-order valence-electron chi connectivity index (χ2n) is 4.98. The third-order valence-corrected chi connectivity index (χ3v) is 3.55. The van der Waals surface area contributed by atoms with Gasteiger partial charge >= 0.3 is 0 Å². The van der Waals surface area contributed by atoms with Gasteiger partial charge in [-0.2, -0.15) is 0 Å². The topological polar surface area (TPSA) is 21.3 Å². The Morgan fingerprint density at radius 1 is 1.10 bits per heavy atom. The van der Waals surface area contributed by atoms with Gasteiger partial charge in [0.15, 0.2) is 0 Å². The van der Waals surface area contributed by atoms with Crippen molar-refractivity contribution in [2.75, 3.05) is 18.5 Å². The molecule has 0 atom stereocenters. The van der Waals surface area contributed by atoms with Crippen molar-refractivity contribution < 1.29 is 4.74 Å². The molecule has 0 saturated heterocycles. The standard InChI is InChI=1S/C17H20BrNO/c1-13(2)16-8-3-4-9-17(16)20-11-10-19-15-7-5-6-14(18)12-15/h3-9,12-13,19H,10-11H2,1-2H3. The summed E-state index contributed by atoms with van der Waals surface area (Å²) in [4.78, 5) is 0. The molecule has 106 valence electrons. The molecule has 0 aliphatic rings. The molecular formula is C17H20BrNO. The van der Waals surface area contributed by atoms with Crippen LogP contribution >= 0.6 is 15.9 Å².